The molecule has 0 atom stereocenters. The molecule has 0 aliphatic rings. The Morgan fingerprint density at radius 1 is 1.45 bits per heavy atom. The van der Waals surface area contributed by atoms with E-state index in [2.05, 4.69) is 19.9 Å². The predicted octanol–water partition coefficient (Wildman–Crippen LogP) is 2.58. The van der Waals surface area contributed by atoms with Crippen LogP contribution in [-0.2, 0) is 4.79 Å². The highest BCUT2D eigenvalue weighted by molar-refractivity contribution is 7.12. The second-order valence-corrected chi connectivity index (χ2v) is 3.82. The highest BCUT2D eigenvalue weighted by atomic mass is 32.1. The maximum absolute atomic E-state index is 10.0. The Morgan fingerprint density at radius 3 is 2.64 bits per heavy atom. The molecule has 58 valence electrons. The molecular weight excluding hydrogens is 156 g/mol. The van der Waals surface area contributed by atoms with Crippen molar-refractivity contribution in [3.8, 4) is 0 Å². The minimum Gasteiger partial charge on any atom is -0.299 e. The average Bonchev–Trinajstić information content (AvgIpc) is 2.26. The second-order valence-electron chi connectivity index (χ2n) is 2.36. The molecule has 0 unspecified atom stereocenters. The fourth-order valence-electron chi connectivity index (χ4n) is 0.959. The monoisotopic (exact) mass is 166 g/mol. The Balaban J connectivity index is 2.93. The Labute approximate surface area is 70.4 Å². The van der Waals surface area contributed by atoms with Gasteiger partial charge in [-0.2, -0.15) is 0 Å². The molecule has 1 aromatic rings. The molecule has 0 saturated carbocycles. The van der Waals surface area contributed by atoms with Gasteiger partial charge in [-0.15, -0.1) is 11.3 Å². The summed E-state index contributed by atoms with van der Waals surface area (Å²) in [5, 5.41) is 0. The van der Waals surface area contributed by atoms with Crippen LogP contribution in [0.4, 0.5) is 0 Å². The van der Waals surface area contributed by atoms with Gasteiger partial charge >= 0.3 is 0 Å². The Morgan fingerprint density at radius 2 is 2.18 bits per heavy atom. The molecule has 0 amide bonds. The van der Waals surface area contributed by atoms with E-state index in [1.54, 1.807) is 11.3 Å². The van der Waals surface area contributed by atoms with E-state index in [0.717, 1.165) is 11.8 Å². The topological polar surface area (TPSA) is 17.1 Å². The molecule has 0 saturated heterocycles. The van der Waals surface area contributed by atoms with Crippen molar-refractivity contribution in [1.29, 1.82) is 0 Å². The number of hydrogen-bond donors (Lipinski definition) is 0. The molecule has 0 radical (unpaired) electrons. The molecule has 0 spiro atoms. The van der Waals surface area contributed by atoms with E-state index in [4.69, 9.17) is 0 Å². The summed E-state index contributed by atoms with van der Waals surface area (Å²) < 4.78 is 0. The van der Waals surface area contributed by atoms with Gasteiger partial charge in [-0.25, -0.2) is 0 Å². The summed E-state index contributed by atoms with van der Waals surface area (Å²) in [5.41, 5.74) is 1.15. The summed E-state index contributed by atoms with van der Waals surface area (Å²) in [6.07, 6.45) is 4.16. The first-order chi connectivity index (χ1) is 5.24. The van der Waals surface area contributed by atoms with E-state index in [1.165, 1.54) is 15.8 Å². The van der Waals surface area contributed by atoms with Crippen molar-refractivity contribution < 1.29 is 4.79 Å². The Kier molecular flexibility index (Phi) is 2.60. The highest BCUT2D eigenvalue weighted by Crippen LogP contribution is 2.21. The number of aldehydes is 1. The highest BCUT2D eigenvalue weighted by Gasteiger charge is 1.97. The van der Waals surface area contributed by atoms with Gasteiger partial charge in [-0.05, 0) is 31.6 Å². The van der Waals surface area contributed by atoms with E-state index in [0.29, 0.717) is 0 Å². The van der Waals surface area contributed by atoms with Gasteiger partial charge in [0.05, 0.1) is 0 Å². The average molecular weight is 166 g/mol. The van der Waals surface area contributed by atoms with Crippen LogP contribution in [0.2, 0.25) is 0 Å². The van der Waals surface area contributed by atoms with Gasteiger partial charge in [0.25, 0.3) is 0 Å². The normalized spacial score (nSPS) is 10.7. The van der Waals surface area contributed by atoms with Gasteiger partial charge < -0.3 is 0 Å². The van der Waals surface area contributed by atoms with Gasteiger partial charge in [0.15, 0.2) is 0 Å². The van der Waals surface area contributed by atoms with Crippen molar-refractivity contribution in [3.05, 3.63) is 27.5 Å². The van der Waals surface area contributed by atoms with Crippen LogP contribution < -0.4 is 0 Å². The molecule has 11 heavy (non-hydrogen) atoms. The summed E-state index contributed by atoms with van der Waals surface area (Å²) in [4.78, 5) is 12.6. The lowest BCUT2D eigenvalue weighted by atomic mass is 10.2. The van der Waals surface area contributed by atoms with E-state index in [1.807, 2.05) is 6.08 Å². The fraction of sp³-hybridized carbons (Fsp3) is 0.222. The zero-order valence-corrected chi connectivity index (χ0v) is 7.44. The lowest BCUT2D eigenvalue weighted by molar-refractivity contribution is -0.104. The number of allylic oxidation sites excluding steroid dienone is 1. The van der Waals surface area contributed by atoms with Crippen LogP contribution in [0.5, 0.6) is 0 Å². The number of carbonyl (C=O) groups is 1. The van der Waals surface area contributed by atoms with Crippen LogP contribution in [0, 0.1) is 13.8 Å². The van der Waals surface area contributed by atoms with Gasteiger partial charge in [0.2, 0.25) is 0 Å². The smallest absolute Gasteiger partial charge is 0.142 e. The molecule has 0 N–H and O–H groups in total. The van der Waals surface area contributed by atoms with Crippen LogP contribution in [0.15, 0.2) is 12.1 Å². The van der Waals surface area contributed by atoms with E-state index >= 15 is 0 Å². The van der Waals surface area contributed by atoms with Crippen LogP contribution in [-0.4, -0.2) is 6.29 Å². The van der Waals surface area contributed by atoms with Crippen LogP contribution in [0.1, 0.15) is 15.3 Å². The first kappa shape index (κ1) is 8.21. The number of hydrogen-bond acceptors (Lipinski definition) is 2. The molecular formula is C9H10OS. The molecule has 1 rings (SSSR count). The summed E-state index contributed by atoms with van der Waals surface area (Å²) in [6.45, 7) is 4.12. The molecule has 0 fully saturated rings. The van der Waals surface area contributed by atoms with Crippen LogP contribution in [0.25, 0.3) is 6.08 Å². The van der Waals surface area contributed by atoms with Gasteiger partial charge in [-0.3, -0.25) is 4.79 Å². The van der Waals surface area contributed by atoms with Gasteiger partial charge in [-0.1, -0.05) is 6.08 Å². The summed E-state index contributed by atoms with van der Waals surface area (Å²) in [6, 6.07) is 2.08. The van der Waals surface area contributed by atoms with Crippen molar-refractivity contribution in [2.45, 2.75) is 13.8 Å². The van der Waals surface area contributed by atoms with Crippen molar-refractivity contribution in [2.75, 3.05) is 0 Å². The predicted molar refractivity (Wildman–Crippen MR) is 48.9 cm³/mol. The molecule has 1 nitrogen and oxygen atoms in total. The second kappa shape index (κ2) is 3.49. The molecule has 1 aromatic heterocycles. The zero-order chi connectivity index (χ0) is 8.27. The first-order valence-electron chi connectivity index (χ1n) is 3.43. The summed E-state index contributed by atoms with van der Waals surface area (Å²) >= 11 is 1.75. The van der Waals surface area contributed by atoms with Crippen LogP contribution in [0.3, 0.4) is 0 Å². The minimum absolute atomic E-state index is 0.798. The lowest BCUT2D eigenvalue weighted by Gasteiger charge is -1.84. The largest absolute Gasteiger partial charge is 0.299 e. The van der Waals surface area contributed by atoms with E-state index < -0.39 is 0 Å². The van der Waals surface area contributed by atoms with E-state index in [-0.39, 0.29) is 0 Å². The molecule has 1 heterocycles. The van der Waals surface area contributed by atoms with Crippen LogP contribution >= 0.6 is 11.3 Å². The van der Waals surface area contributed by atoms with Gasteiger partial charge in [0.1, 0.15) is 6.29 Å². The number of rotatable bonds is 2. The summed E-state index contributed by atoms with van der Waals surface area (Å²) in [5.74, 6) is 0. The zero-order valence-electron chi connectivity index (χ0n) is 6.63. The SMILES string of the molecule is Cc1cc(C=CC=O)c(C)s1. The Bertz CT molecular complexity index is 284. The summed E-state index contributed by atoms with van der Waals surface area (Å²) in [7, 11) is 0. The standard InChI is InChI=1S/C9H10OS/c1-7-6-9(4-3-5-10)8(2)11-7/h3-6H,1-2H3. The number of aryl methyl sites for hydroxylation is 2. The Hall–Kier alpha value is -0.890. The minimum atomic E-state index is 0.798. The third kappa shape index (κ3) is 2.02. The van der Waals surface area contributed by atoms with Crippen molar-refractivity contribution >= 4 is 23.7 Å². The maximum Gasteiger partial charge on any atom is 0.142 e. The quantitative estimate of drug-likeness (QED) is 0.487. The van der Waals surface area contributed by atoms with E-state index in [9.17, 15) is 4.79 Å². The fourth-order valence-corrected chi connectivity index (χ4v) is 1.87. The molecule has 0 aliphatic carbocycles. The molecule has 0 bridgehead atoms. The van der Waals surface area contributed by atoms with Crippen molar-refractivity contribution in [3.63, 3.8) is 0 Å². The molecule has 2 heteroatoms. The third-order valence-electron chi connectivity index (χ3n) is 1.43. The van der Waals surface area contributed by atoms with Crippen molar-refractivity contribution in [1.82, 2.24) is 0 Å². The third-order valence-corrected chi connectivity index (χ3v) is 2.42. The van der Waals surface area contributed by atoms with Crippen molar-refractivity contribution in [2.24, 2.45) is 0 Å². The number of carbonyl (C=O) groups excluding carboxylic acids is 1. The lowest BCUT2D eigenvalue weighted by Crippen LogP contribution is -1.68. The number of thiophene rings is 1. The molecule has 0 aromatic carbocycles. The maximum atomic E-state index is 10.0. The molecule has 0 aliphatic heterocycles. The van der Waals surface area contributed by atoms with Gasteiger partial charge in [0, 0.05) is 9.75 Å². The first-order valence-corrected chi connectivity index (χ1v) is 4.24.